The molecule has 2 heteroatoms. The summed E-state index contributed by atoms with van der Waals surface area (Å²) in [5, 5.41) is 3.33. The van der Waals surface area contributed by atoms with Crippen molar-refractivity contribution < 1.29 is 0 Å². The summed E-state index contributed by atoms with van der Waals surface area (Å²) in [5.74, 6) is 0.692. The average Bonchev–Trinajstić information content (AvgIpc) is 1.89. The van der Waals surface area contributed by atoms with Gasteiger partial charge in [-0.25, -0.2) is 0 Å². The zero-order valence-corrected chi connectivity index (χ0v) is 7.26. The molecular formula is C7H16ClN. The molecule has 0 fully saturated rings. The number of halogens is 1. The molecule has 1 atom stereocenters. The molecular weight excluding hydrogens is 134 g/mol. The van der Waals surface area contributed by atoms with E-state index in [1.807, 2.05) is 0 Å². The maximum absolute atomic E-state index is 5.73. The van der Waals surface area contributed by atoms with Crippen LogP contribution in [0.2, 0.25) is 0 Å². The zero-order valence-electron chi connectivity index (χ0n) is 6.50. The third-order valence-corrected chi connectivity index (χ3v) is 2.27. The molecule has 0 saturated carbocycles. The van der Waals surface area contributed by atoms with Gasteiger partial charge in [0.15, 0.2) is 0 Å². The first kappa shape index (κ1) is 9.25. The van der Waals surface area contributed by atoms with Gasteiger partial charge in [-0.15, -0.1) is 11.6 Å². The van der Waals surface area contributed by atoms with Crippen molar-refractivity contribution in [2.75, 3.05) is 12.4 Å². The van der Waals surface area contributed by atoms with E-state index in [4.69, 9.17) is 11.6 Å². The third kappa shape index (κ3) is 3.07. The van der Waals surface area contributed by atoms with Crippen molar-refractivity contribution in [3.63, 3.8) is 0 Å². The fraction of sp³-hybridized carbons (Fsp3) is 1.00. The van der Waals surface area contributed by atoms with Crippen LogP contribution < -0.4 is 5.32 Å². The van der Waals surface area contributed by atoms with Crippen LogP contribution in [0.5, 0.6) is 0 Å². The highest BCUT2D eigenvalue weighted by molar-refractivity contribution is 6.18. The molecule has 1 unspecified atom stereocenters. The van der Waals surface area contributed by atoms with Gasteiger partial charge >= 0.3 is 0 Å². The van der Waals surface area contributed by atoms with Crippen molar-refractivity contribution in [3.05, 3.63) is 0 Å². The fourth-order valence-corrected chi connectivity index (χ4v) is 0.977. The standard InChI is InChI=1S/C7H16ClN/c1-4-7(3,6-8)9-5-2/h9H,4-6H2,1-3H3. The normalized spacial score (nSPS) is 17.3. The SMILES string of the molecule is CCNC(C)(CC)CCl. The van der Waals surface area contributed by atoms with E-state index in [0.29, 0.717) is 5.88 Å². The largest absolute Gasteiger partial charge is 0.311 e. The first-order valence-corrected chi connectivity index (χ1v) is 4.03. The molecule has 0 rings (SSSR count). The second-order valence-electron chi connectivity index (χ2n) is 2.58. The van der Waals surface area contributed by atoms with Crippen LogP contribution in [-0.2, 0) is 0 Å². The van der Waals surface area contributed by atoms with Crippen LogP contribution in [-0.4, -0.2) is 18.0 Å². The van der Waals surface area contributed by atoms with Crippen molar-refractivity contribution in [3.8, 4) is 0 Å². The van der Waals surface area contributed by atoms with E-state index in [2.05, 4.69) is 26.1 Å². The van der Waals surface area contributed by atoms with E-state index < -0.39 is 0 Å². The van der Waals surface area contributed by atoms with Crippen molar-refractivity contribution in [1.29, 1.82) is 0 Å². The smallest absolute Gasteiger partial charge is 0.0403 e. The molecule has 0 saturated heterocycles. The van der Waals surface area contributed by atoms with Gasteiger partial charge in [0.25, 0.3) is 0 Å². The molecule has 0 radical (unpaired) electrons. The summed E-state index contributed by atoms with van der Waals surface area (Å²) >= 11 is 5.73. The van der Waals surface area contributed by atoms with E-state index in [-0.39, 0.29) is 5.54 Å². The molecule has 0 aliphatic heterocycles. The molecule has 56 valence electrons. The zero-order chi connectivity index (χ0) is 7.33. The molecule has 0 aromatic carbocycles. The summed E-state index contributed by atoms with van der Waals surface area (Å²) in [6.07, 6.45) is 1.09. The molecule has 1 nitrogen and oxygen atoms in total. The highest BCUT2D eigenvalue weighted by Gasteiger charge is 2.17. The van der Waals surface area contributed by atoms with E-state index in [1.54, 1.807) is 0 Å². The molecule has 0 amide bonds. The lowest BCUT2D eigenvalue weighted by atomic mass is 10.0. The van der Waals surface area contributed by atoms with Gasteiger partial charge in [0.1, 0.15) is 0 Å². The highest BCUT2D eigenvalue weighted by Crippen LogP contribution is 2.09. The van der Waals surface area contributed by atoms with Gasteiger partial charge in [0.05, 0.1) is 0 Å². The summed E-state index contributed by atoms with van der Waals surface area (Å²) in [4.78, 5) is 0. The Morgan fingerprint density at radius 1 is 1.44 bits per heavy atom. The minimum absolute atomic E-state index is 0.149. The second-order valence-corrected chi connectivity index (χ2v) is 2.85. The lowest BCUT2D eigenvalue weighted by Gasteiger charge is -2.26. The van der Waals surface area contributed by atoms with Gasteiger partial charge < -0.3 is 5.32 Å². The maximum atomic E-state index is 5.73. The highest BCUT2D eigenvalue weighted by atomic mass is 35.5. The molecule has 0 aromatic heterocycles. The molecule has 0 aliphatic carbocycles. The van der Waals surface area contributed by atoms with Crippen molar-refractivity contribution in [2.45, 2.75) is 32.7 Å². The fourth-order valence-electron chi connectivity index (χ4n) is 0.694. The Kier molecular flexibility index (Phi) is 4.24. The Hall–Kier alpha value is 0.250. The summed E-state index contributed by atoms with van der Waals surface area (Å²) in [6.45, 7) is 7.38. The topological polar surface area (TPSA) is 12.0 Å². The van der Waals surface area contributed by atoms with Crippen molar-refractivity contribution in [1.82, 2.24) is 5.32 Å². The quantitative estimate of drug-likeness (QED) is 0.603. The van der Waals surface area contributed by atoms with Crippen LogP contribution in [0.3, 0.4) is 0 Å². The minimum atomic E-state index is 0.149. The van der Waals surface area contributed by atoms with Crippen LogP contribution in [0.1, 0.15) is 27.2 Å². The van der Waals surface area contributed by atoms with Crippen LogP contribution >= 0.6 is 11.6 Å². The van der Waals surface area contributed by atoms with Crippen LogP contribution in [0, 0.1) is 0 Å². The summed E-state index contributed by atoms with van der Waals surface area (Å²) < 4.78 is 0. The van der Waals surface area contributed by atoms with Crippen LogP contribution in [0.4, 0.5) is 0 Å². The lowest BCUT2D eigenvalue weighted by Crippen LogP contribution is -2.43. The second kappa shape index (κ2) is 4.13. The molecule has 0 spiro atoms. The molecule has 0 aliphatic rings. The van der Waals surface area contributed by atoms with E-state index in [9.17, 15) is 0 Å². The van der Waals surface area contributed by atoms with Crippen LogP contribution in [0.25, 0.3) is 0 Å². The van der Waals surface area contributed by atoms with Gasteiger partial charge in [0.2, 0.25) is 0 Å². The van der Waals surface area contributed by atoms with E-state index in [0.717, 1.165) is 13.0 Å². The van der Waals surface area contributed by atoms with Crippen LogP contribution in [0.15, 0.2) is 0 Å². The first-order valence-electron chi connectivity index (χ1n) is 3.49. The first-order chi connectivity index (χ1) is 4.18. The van der Waals surface area contributed by atoms with E-state index >= 15 is 0 Å². The predicted molar refractivity (Wildman–Crippen MR) is 43.1 cm³/mol. The minimum Gasteiger partial charge on any atom is -0.311 e. The van der Waals surface area contributed by atoms with Gasteiger partial charge in [0, 0.05) is 11.4 Å². The number of hydrogen-bond donors (Lipinski definition) is 1. The van der Waals surface area contributed by atoms with E-state index in [1.165, 1.54) is 0 Å². The van der Waals surface area contributed by atoms with Gasteiger partial charge in [-0.1, -0.05) is 13.8 Å². The lowest BCUT2D eigenvalue weighted by molar-refractivity contribution is 0.392. The van der Waals surface area contributed by atoms with Gasteiger partial charge in [-0.3, -0.25) is 0 Å². The van der Waals surface area contributed by atoms with Gasteiger partial charge in [-0.05, 0) is 19.9 Å². The number of nitrogens with one attached hydrogen (secondary N) is 1. The van der Waals surface area contributed by atoms with Crippen molar-refractivity contribution in [2.24, 2.45) is 0 Å². The predicted octanol–water partition coefficient (Wildman–Crippen LogP) is 2.00. The number of rotatable bonds is 4. The Labute approximate surface area is 62.8 Å². The molecule has 9 heavy (non-hydrogen) atoms. The summed E-state index contributed by atoms with van der Waals surface area (Å²) in [7, 11) is 0. The summed E-state index contributed by atoms with van der Waals surface area (Å²) in [6, 6.07) is 0. The molecule has 0 bridgehead atoms. The number of alkyl halides is 1. The average molecular weight is 150 g/mol. The Morgan fingerprint density at radius 2 is 2.00 bits per heavy atom. The Bertz CT molecular complexity index is 69.3. The third-order valence-electron chi connectivity index (χ3n) is 1.68. The Morgan fingerprint density at radius 3 is 2.11 bits per heavy atom. The van der Waals surface area contributed by atoms with Crippen molar-refractivity contribution >= 4 is 11.6 Å². The maximum Gasteiger partial charge on any atom is 0.0403 e. The number of hydrogen-bond acceptors (Lipinski definition) is 1. The Balaban J connectivity index is 3.62. The summed E-state index contributed by atoms with van der Waals surface area (Å²) in [5.41, 5.74) is 0.149. The molecule has 0 heterocycles. The molecule has 0 aromatic rings. The monoisotopic (exact) mass is 149 g/mol. The van der Waals surface area contributed by atoms with Gasteiger partial charge in [-0.2, -0.15) is 0 Å². The molecule has 1 N–H and O–H groups in total.